The normalized spacial score (nSPS) is 16.7. The summed E-state index contributed by atoms with van der Waals surface area (Å²) in [6, 6.07) is 10.5. The number of ether oxygens (including phenoxy) is 1. The monoisotopic (exact) mass is 338 g/mol. The van der Waals surface area contributed by atoms with Gasteiger partial charge >= 0.3 is 0 Å². The molecule has 0 saturated heterocycles. The lowest BCUT2D eigenvalue weighted by Crippen LogP contribution is -2.41. The average molecular weight is 338 g/mol. The number of aliphatic imine (C=N–C) groups is 1. The highest BCUT2D eigenvalue weighted by Gasteiger charge is 2.21. The second-order valence-corrected chi connectivity index (χ2v) is 6.18. The Balaban J connectivity index is 1.66. The van der Waals surface area contributed by atoms with Gasteiger partial charge in [0.05, 0.1) is 12.6 Å². The summed E-state index contributed by atoms with van der Waals surface area (Å²) in [6.07, 6.45) is 5.59. The number of hydrogen-bond donors (Lipinski definition) is 2. The van der Waals surface area contributed by atoms with Crippen LogP contribution in [0.25, 0.3) is 0 Å². The van der Waals surface area contributed by atoms with E-state index in [2.05, 4.69) is 47.7 Å². The van der Waals surface area contributed by atoms with Crippen LogP contribution in [0.2, 0.25) is 0 Å². The van der Waals surface area contributed by atoms with E-state index < -0.39 is 0 Å². The van der Waals surface area contributed by atoms with E-state index in [1.165, 1.54) is 16.7 Å². The molecule has 2 heterocycles. The minimum Gasteiger partial charge on any atom is -0.493 e. The van der Waals surface area contributed by atoms with E-state index in [-0.39, 0.29) is 6.04 Å². The van der Waals surface area contributed by atoms with Gasteiger partial charge in [0.1, 0.15) is 5.75 Å². The number of nitrogens with zero attached hydrogens (tertiary/aromatic N) is 2. The van der Waals surface area contributed by atoms with Crippen molar-refractivity contribution < 1.29 is 4.74 Å². The zero-order chi connectivity index (χ0) is 17.5. The first-order chi connectivity index (χ1) is 12.3. The number of benzene rings is 1. The van der Waals surface area contributed by atoms with Crippen LogP contribution in [0.5, 0.6) is 5.75 Å². The summed E-state index contributed by atoms with van der Waals surface area (Å²) in [5, 5.41) is 6.91. The van der Waals surface area contributed by atoms with E-state index in [1.54, 1.807) is 0 Å². The van der Waals surface area contributed by atoms with Crippen LogP contribution in [0.15, 0.2) is 47.7 Å². The Morgan fingerprint density at radius 3 is 3.04 bits per heavy atom. The molecule has 1 aliphatic heterocycles. The number of hydrogen-bond acceptors (Lipinski definition) is 3. The summed E-state index contributed by atoms with van der Waals surface area (Å²) in [6.45, 7) is 6.48. The SMILES string of the molecule is CCNC(=NCCc1ccncc1C)NC1CCOc2ccccc21. The molecule has 132 valence electrons. The fraction of sp³-hybridized carbons (Fsp3) is 0.400. The Morgan fingerprint density at radius 2 is 2.20 bits per heavy atom. The third-order valence-corrected chi connectivity index (χ3v) is 4.40. The van der Waals surface area contributed by atoms with Crippen LogP contribution in [-0.2, 0) is 6.42 Å². The highest BCUT2D eigenvalue weighted by Crippen LogP contribution is 2.31. The summed E-state index contributed by atoms with van der Waals surface area (Å²) < 4.78 is 5.74. The molecule has 0 radical (unpaired) electrons. The molecule has 1 aliphatic rings. The zero-order valence-corrected chi connectivity index (χ0v) is 15.0. The molecular formula is C20H26N4O. The predicted octanol–water partition coefficient (Wildman–Crippen LogP) is 3.01. The summed E-state index contributed by atoms with van der Waals surface area (Å²) in [4.78, 5) is 8.89. The molecule has 2 N–H and O–H groups in total. The number of para-hydroxylation sites is 1. The van der Waals surface area contributed by atoms with Gasteiger partial charge in [-0.15, -0.1) is 0 Å². The first-order valence-electron chi connectivity index (χ1n) is 8.94. The molecule has 0 aliphatic carbocycles. The minimum absolute atomic E-state index is 0.227. The van der Waals surface area contributed by atoms with Crippen molar-refractivity contribution in [3.63, 3.8) is 0 Å². The van der Waals surface area contributed by atoms with Crippen LogP contribution in [0, 0.1) is 6.92 Å². The zero-order valence-electron chi connectivity index (χ0n) is 15.0. The number of nitrogens with one attached hydrogen (secondary N) is 2. The van der Waals surface area contributed by atoms with Gasteiger partial charge in [-0.3, -0.25) is 9.98 Å². The molecule has 0 fully saturated rings. The van der Waals surface area contributed by atoms with Crippen molar-refractivity contribution in [3.8, 4) is 5.75 Å². The lowest BCUT2D eigenvalue weighted by atomic mass is 10.0. The highest BCUT2D eigenvalue weighted by molar-refractivity contribution is 5.80. The Labute approximate surface area is 149 Å². The number of fused-ring (bicyclic) bond motifs is 1. The molecule has 0 bridgehead atoms. The van der Waals surface area contributed by atoms with Crippen molar-refractivity contribution in [1.29, 1.82) is 0 Å². The van der Waals surface area contributed by atoms with Crippen molar-refractivity contribution in [1.82, 2.24) is 15.6 Å². The van der Waals surface area contributed by atoms with Gasteiger partial charge in [-0.1, -0.05) is 18.2 Å². The molecule has 5 heteroatoms. The summed E-state index contributed by atoms with van der Waals surface area (Å²) >= 11 is 0. The molecule has 3 rings (SSSR count). The molecule has 2 aromatic rings. The van der Waals surface area contributed by atoms with Crippen molar-refractivity contribution in [2.24, 2.45) is 4.99 Å². The van der Waals surface area contributed by atoms with Gasteiger partial charge in [0.15, 0.2) is 5.96 Å². The third-order valence-electron chi connectivity index (χ3n) is 4.40. The number of aromatic nitrogens is 1. The molecule has 1 atom stereocenters. The fourth-order valence-corrected chi connectivity index (χ4v) is 3.05. The molecule has 0 amide bonds. The van der Waals surface area contributed by atoms with Crippen LogP contribution < -0.4 is 15.4 Å². The van der Waals surface area contributed by atoms with Gasteiger partial charge in [-0.05, 0) is 43.5 Å². The molecule has 1 aromatic carbocycles. The van der Waals surface area contributed by atoms with E-state index >= 15 is 0 Å². The standard InChI is InChI=1S/C20H26N4O/c1-3-22-20(23-12-9-16-8-11-21-14-15(16)2)24-18-10-13-25-19-7-5-4-6-17(18)19/h4-8,11,14,18H,3,9-10,12-13H2,1-2H3,(H2,22,23,24). The third kappa shape index (κ3) is 4.50. The lowest BCUT2D eigenvalue weighted by molar-refractivity contribution is 0.261. The molecule has 25 heavy (non-hydrogen) atoms. The largest absolute Gasteiger partial charge is 0.493 e. The summed E-state index contributed by atoms with van der Waals surface area (Å²) in [5.41, 5.74) is 3.71. The van der Waals surface area contributed by atoms with Gasteiger partial charge in [-0.2, -0.15) is 0 Å². The Hall–Kier alpha value is -2.56. The van der Waals surface area contributed by atoms with Gasteiger partial charge in [-0.25, -0.2) is 0 Å². The maximum Gasteiger partial charge on any atom is 0.191 e. The Kier molecular flexibility index (Phi) is 5.88. The topological polar surface area (TPSA) is 58.5 Å². The van der Waals surface area contributed by atoms with E-state index in [4.69, 9.17) is 9.73 Å². The van der Waals surface area contributed by atoms with E-state index in [9.17, 15) is 0 Å². The average Bonchev–Trinajstić information content (AvgIpc) is 2.64. The molecule has 0 saturated carbocycles. The molecular weight excluding hydrogens is 312 g/mol. The second-order valence-electron chi connectivity index (χ2n) is 6.18. The van der Waals surface area contributed by atoms with E-state index in [1.807, 2.05) is 24.5 Å². The Morgan fingerprint density at radius 1 is 1.32 bits per heavy atom. The molecule has 1 aromatic heterocycles. The maximum atomic E-state index is 5.74. The fourth-order valence-electron chi connectivity index (χ4n) is 3.05. The quantitative estimate of drug-likeness (QED) is 0.650. The minimum atomic E-state index is 0.227. The van der Waals surface area contributed by atoms with Gasteiger partial charge in [0.2, 0.25) is 0 Å². The number of rotatable bonds is 5. The van der Waals surface area contributed by atoms with Crippen LogP contribution in [0.1, 0.15) is 36.1 Å². The first-order valence-corrected chi connectivity index (χ1v) is 8.94. The van der Waals surface area contributed by atoms with Crippen molar-refractivity contribution in [2.45, 2.75) is 32.7 Å². The second kappa shape index (κ2) is 8.51. The number of guanidine groups is 1. The number of pyridine rings is 1. The molecule has 5 nitrogen and oxygen atoms in total. The van der Waals surface area contributed by atoms with Crippen LogP contribution in [0.4, 0.5) is 0 Å². The van der Waals surface area contributed by atoms with Gasteiger partial charge < -0.3 is 15.4 Å². The van der Waals surface area contributed by atoms with Crippen LogP contribution in [0.3, 0.4) is 0 Å². The van der Waals surface area contributed by atoms with Crippen molar-refractivity contribution >= 4 is 5.96 Å². The summed E-state index contributed by atoms with van der Waals surface area (Å²) in [5.74, 6) is 1.82. The van der Waals surface area contributed by atoms with E-state index in [0.29, 0.717) is 0 Å². The predicted molar refractivity (Wildman–Crippen MR) is 101 cm³/mol. The van der Waals surface area contributed by atoms with Crippen LogP contribution >= 0.6 is 0 Å². The van der Waals surface area contributed by atoms with Crippen LogP contribution in [-0.4, -0.2) is 30.6 Å². The first kappa shape index (κ1) is 17.3. The maximum absolute atomic E-state index is 5.74. The lowest BCUT2D eigenvalue weighted by Gasteiger charge is -2.28. The van der Waals surface area contributed by atoms with Crippen molar-refractivity contribution in [2.75, 3.05) is 19.7 Å². The molecule has 0 spiro atoms. The smallest absolute Gasteiger partial charge is 0.191 e. The number of aryl methyl sites for hydroxylation is 1. The van der Waals surface area contributed by atoms with Gasteiger partial charge in [0.25, 0.3) is 0 Å². The summed E-state index contributed by atoms with van der Waals surface area (Å²) in [7, 11) is 0. The van der Waals surface area contributed by atoms with Gasteiger partial charge in [0, 0.05) is 37.5 Å². The highest BCUT2D eigenvalue weighted by atomic mass is 16.5. The Bertz CT molecular complexity index is 729. The van der Waals surface area contributed by atoms with E-state index in [0.717, 1.165) is 44.2 Å². The molecule has 1 unspecified atom stereocenters. The van der Waals surface area contributed by atoms with Crippen molar-refractivity contribution in [3.05, 3.63) is 59.4 Å².